The van der Waals surface area contributed by atoms with Crippen LogP contribution in [0.15, 0.2) is 15.9 Å². The van der Waals surface area contributed by atoms with Crippen LogP contribution in [0.3, 0.4) is 0 Å². The standard InChI is InChI=1S/C30H45BrO2S2/c1-20(2)9-7-11-22(5)13-15-30(16-14-23(6)12-8-10-21(3)4)25-18-27(31)35-28(25)29-26(33-30)17-24(19-32)34-29/h17-23H,7-16H2,1-6H3. The summed E-state index contributed by atoms with van der Waals surface area (Å²) >= 11 is 7.13. The molecule has 0 bridgehead atoms. The van der Waals surface area contributed by atoms with Crippen molar-refractivity contribution in [3.8, 4) is 15.5 Å². The van der Waals surface area contributed by atoms with Crippen molar-refractivity contribution in [3.63, 3.8) is 0 Å². The normalized spacial score (nSPS) is 18.9. The quantitative estimate of drug-likeness (QED) is 0.196. The highest BCUT2D eigenvalue weighted by Crippen LogP contribution is 2.56. The van der Waals surface area contributed by atoms with Crippen molar-refractivity contribution in [3.05, 3.63) is 26.4 Å². The summed E-state index contributed by atoms with van der Waals surface area (Å²) in [7, 11) is 0. The largest absolute Gasteiger partial charge is 0.481 e. The van der Waals surface area contributed by atoms with E-state index in [1.807, 2.05) is 6.07 Å². The number of fused-ring (bicyclic) bond motifs is 3. The smallest absolute Gasteiger partial charge is 0.160 e. The van der Waals surface area contributed by atoms with Crippen molar-refractivity contribution in [1.29, 1.82) is 0 Å². The van der Waals surface area contributed by atoms with Gasteiger partial charge < -0.3 is 4.74 Å². The van der Waals surface area contributed by atoms with E-state index >= 15 is 0 Å². The van der Waals surface area contributed by atoms with Gasteiger partial charge in [0.05, 0.1) is 18.4 Å². The number of halogens is 1. The fourth-order valence-corrected chi connectivity index (χ4v) is 8.05. The minimum atomic E-state index is -0.301. The van der Waals surface area contributed by atoms with E-state index in [2.05, 4.69) is 63.5 Å². The molecule has 0 saturated carbocycles. The summed E-state index contributed by atoms with van der Waals surface area (Å²) in [6.07, 6.45) is 13.2. The molecule has 0 fully saturated rings. The molecule has 2 aromatic rings. The predicted octanol–water partition coefficient (Wildman–Crippen LogP) is 11.1. The molecule has 2 atom stereocenters. The average Bonchev–Trinajstić information content (AvgIpc) is 3.38. The maximum absolute atomic E-state index is 11.6. The molecule has 196 valence electrons. The van der Waals surface area contributed by atoms with Gasteiger partial charge in [-0.2, -0.15) is 0 Å². The molecule has 2 nitrogen and oxygen atoms in total. The summed E-state index contributed by atoms with van der Waals surface area (Å²) in [6.45, 7) is 14.1. The van der Waals surface area contributed by atoms with Gasteiger partial charge >= 0.3 is 0 Å². The summed E-state index contributed by atoms with van der Waals surface area (Å²) in [5, 5.41) is 0. The fraction of sp³-hybridized carbons (Fsp3) is 0.700. The Bertz CT molecular complexity index is 918. The molecular weight excluding hydrogens is 536 g/mol. The van der Waals surface area contributed by atoms with E-state index in [0.29, 0.717) is 11.8 Å². The van der Waals surface area contributed by atoms with Gasteiger partial charge in [0.15, 0.2) is 6.29 Å². The second-order valence-corrected chi connectivity index (χ2v) is 15.3. The summed E-state index contributed by atoms with van der Waals surface area (Å²) in [6, 6.07) is 4.27. The fourth-order valence-electron chi connectivity index (χ4n) is 5.31. The highest BCUT2D eigenvalue weighted by molar-refractivity contribution is 9.11. The first kappa shape index (κ1) is 28.9. The lowest BCUT2D eigenvalue weighted by Crippen LogP contribution is -2.36. The Morgan fingerprint density at radius 2 is 1.40 bits per heavy atom. The summed E-state index contributed by atoms with van der Waals surface area (Å²) in [5.41, 5.74) is 1.04. The van der Waals surface area contributed by atoms with Crippen LogP contribution in [0.4, 0.5) is 0 Å². The van der Waals surface area contributed by atoms with Gasteiger partial charge in [-0.1, -0.05) is 80.1 Å². The minimum Gasteiger partial charge on any atom is -0.481 e. The number of aldehydes is 1. The van der Waals surface area contributed by atoms with Crippen LogP contribution in [0.5, 0.6) is 5.75 Å². The van der Waals surface area contributed by atoms with E-state index in [9.17, 15) is 4.79 Å². The predicted molar refractivity (Wildman–Crippen MR) is 157 cm³/mol. The maximum atomic E-state index is 11.6. The van der Waals surface area contributed by atoms with Gasteiger partial charge in [0.25, 0.3) is 0 Å². The summed E-state index contributed by atoms with van der Waals surface area (Å²) in [5.74, 6) is 3.86. The molecule has 0 amide bonds. The van der Waals surface area contributed by atoms with Crippen molar-refractivity contribution in [2.75, 3.05) is 0 Å². The molecule has 2 unspecified atom stereocenters. The zero-order chi connectivity index (χ0) is 25.6. The van der Waals surface area contributed by atoms with Crippen molar-refractivity contribution in [2.45, 2.75) is 111 Å². The molecule has 3 rings (SSSR count). The third-order valence-electron chi connectivity index (χ3n) is 7.58. The van der Waals surface area contributed by atoms with E-state index in [1.165, 1.54) is 61.8 Å². The monoisotopic (exact) mass is 580 g/mol. The second-order valence-electron chi connectivity index (χ2n) is 11.8. The van der Waals surface area contributed by atoms with Gasteiger partial charge in [-0.25, -0.2) is 0 Å². The lowest BCUT2D eigenvalue weighted by molar-refractivity contribution is 0.0323. The number of hydrogen-bond donors (Lipinski definition) is 0. The van der Waals surface area contributed by atoms with Crippen LogP contribution >= 0.6 is 38.6 Å². The van der Waals surface area contributed by atoms with Gasteiger partial charge in [-0.15, -0.1) is 22.7 Å². The Morgan fingerprint density at radius 1 is 0.829 bits per heavy atom. The molecule has 0 aliphatic carbocycles. The number of carbonyl (C=O) groups is 1. The summed E-state index contributed by atoms with van der Waals surface area (Å²) < 4.78 is 8.12. The van der Waals surface area contributed by atoms with E-state index in [-0.39, 0.29) is 5.60 Å². The molecule has 0 spiro atoms. The minimum absolute atomic E-state index is 0.301. The third kappa shape index (κ3) is 7.92. The van der Waals surface area contributed by atoms with Gasteiger partial charge in [-0.05, 0) is 71.4 Å². The lowest BCUT2D eigenvalue weighted by atomic mass is 9.78. The van der Waals surface area contributed by atoms with Crippen molar-refractivity contribution < 1.29 is 9.53 Å². The Hall–Kier alpha value is -0.650. The van der Waals surface area contributed by atoms with Gasteiger partial charge in [0.2, 0.25) is 0 Å². The zero-order valence-corrected chi connectivity index (χ0v) is 25.8. The van der Waals surface area contributed by atoms with Gasteiger partial charge in [-0.3, -0.25) is 4.79 Å². The molecule has 0 aromatic carbocycles. The molecule has 35 heavy (non-hydrogen) atoms. The Kier molecular flexibility index (Phi) is 10.9. The SMILES string of the molecule is CC(C)CCCC(C)CCC1(CCC(C)CCCC(C)C)Oc2cc(C=O)sc2-c2sc(Br)cc21. The number of thiophene rings is 2. The van der Waals surface area contributed by atoms with Crippen LogP contribution in [0.1, 0.15) is 121 Å². The number of hydrogen-bond acceptors (Lipinski definition) is 4. The number of rotatable bonds is 15. The third-order valence-corrected chi connectivity index (χ3v) is 10.4. The second kappa shape index (κ2) is 13.2. The van der Waals surface area contributed by atoms with Crippen molar-refractivity contribution in [2.24, 2.45) is 23.7 Å². The molecule has 3 heterocycles. The van der Waals surface area contributed by atoms with Gasteiger partial charge in [0.1, 0.15) is 11.4 Å². The molecule has 5 heteroatoms. The molecule has 0 radical (unpaired) electrons. The van der Waals surface area contributed by atoms with Crippen LogP contribution in [0.25, 0.3) is 9.75 Å². The summed E-state index contributed by atoms with van der Waals surface area (Å²) in [4.78, 5) is 14.8. The Morgan fingerprint density at radius 3 is 1.91 bits per heavy atom. The van der Waals surface area contributed by atoms with Crippen LogP contribution in [0.2, 0.25) is 0 Å². The van der Waals surface area contributed by atoms with Crippen molar-refractivity contribution in [1.82, 2.24) is 0 Å². The van der Waals surface area contributed by atoms with E-state index in [0.717, 1.165) is 50.3 Å². The molecular formula is C30H45BrO2S2. The molecule has 1 aliphatic rings. The maximum Gasteiger partial charge on any atom is 0.160 e. The molecule has 0 N–H and O–H groups in total. The first-order valence-corrected chi connectivity index (χ1v) is 16.1. The number of carbonyl (C=O) groups excluding carboxylic acids is 1. The first-order chi connectivity index (χ1) is 16.6. The Labute approximate surface area is 230 Å². The number of ether oxygens (including phenoxy) is 1. The molecule has 1 aliphatic heterocycles. The lowest BCUT2D eigenvalue weighted by Gasteiger charge is -2.39. The van der Waals surface area contributed by atoms with Crippen LogP contribution < -0.4 is 4.74 Å². The highest BCUT2D eigenvalue weighted by Gasteiger charge is 2.43. The first-order valence-electron chi connectivity index (χ1n) is 13.7. The van der Waals surface area contributed by atoms with Crippen LogP contribution in [-0.4, -0.2) is 6.29 Å². The van der Waals surface area contributed by atoms with E-state index in [1.54, 1.807) is 22.7 Å². The highest BCUT2D eigenvalue weighted by atomic mass is 79.9. The van der Waals surface area contributed by atoms with E-state index in [4.69, 9.17) is 4.74 Å². The average molecular weight is 582 g/mol. The molecule has 0 saturated heterocycles. The van der Waals surface area contributed by atoms with Crippen molar-refractivity contribution >= 4 is 44.9 Å². The topological polar surface area (TPSA) is 26.3 Å². The van der Waals surface area contributed by atoms with Crippen LogP contribution in [-0.2, 0) is 5.60 Å². The van der Waals surface area contributed by atoms with Gasteiger partial charge in [0, 0.05) is 11.6 Å². The van der Waals surface area contributed by atoms with E-state index < -0.39 is 0 Å². The Balaban J connectivity index is 1.81. The van der Waals surface area contributed by atoms with Crippen LogP contribution in [0, 0.1) is 23.7 Å². The zero-order valence-electron chi connectivity index (χ0n) is 22.6. The molecule has 2 aromatic heterocycles.